The van der Waals surface area contributed by atoms with Crippen molar-refractivity contribution in [1.29, 1.82) is 5.26 Å². The van der Waals surface area contributed by atoms with Crippen molar-refractivity contribution in [3.05, 3.63) is 54.7 Å². The molecule has 5 rings (SSSR count). The lowest BCUT2D eigenvalue weighted by molar-refractivity contribution is -0.726. The number of aromatic amines is 1. The molecule has 8 heteroatoms. The third-order valence-corrected chi connectivity index (χ3v) is 5.74. The molecule has 0 unspecified atom stereocenters. The van der Waals surface area contributed by atoms with E-state index in [4.69, 9.17) is 10.7 Å². The summed E-state index contributed by atoms with van der Waals surface area (Å²) in [4.78, 5) is 7.00. The Morgan fingerprint density at radius 1 is 1.20 bits per heavy atom. The number of nitrogens with zero attached hydrogens (tertiary/aromatic N) is 6. The van der Waals surface area contributed by atoms with Gasteiger partial charge >= 0.3 is 0 Å². The molecule has 0 aliphatic carbocycles. The van der Waals surface area contributed by atoms with Crippen LogP contribution in [0.3, 0.4) is 0 Å². The van der Waals surface area contributed by atoms with E-state index < -0.39 is 0 Å². The first-order valence-electron chi connectivity index (χ1n) is 10.1. The van der Waals surface area contributed by atoms with Crippen LogP contribution in [-0.4, -0.2) is 38.8 Å². The molecule has 0 amide bonds. The van der Waals surface area contributed by atoms with E-state index in [2.05, 4.69) is 33.3 Å². The van der Waals surface area contributed by atoms with Crippen molar-refractivity contribution in [1.82, 2.24) is 19.7 Å². The summed E-state index contributed by atoms with van der Waals surface area (Å²) < 4.78 is 3.67. The molecule has 0 atom stereocenters. The summed E-state index contributed by atoms with van der Waals surface area (Å²) in [6, 6.07) is 8.76. The monoisotopic (exact) mass is 399 g/mol. The highest BCUT2D eigenvalue weighted by atomic mass is 15.2. The van der Waals surface area contributed by atoms with Crippen molar-refractivity contribution < 1.29 is 4.68 Å². The van der Waals surface area contributed by atoms with Crippen molar-refractivity contribution in [3.8, 4) is 28.3 Å². The maximum absolute atomic E-state index is 9.58. The predicted molar refractivity (Wildman–Crippen MR) is 114 cm³/mol. The fraction of sp³-hybridized carbons (Fsp3) is 0.273. The number of rotatable bonds is 3. The minimum atomic E-state index is 0.290. The molecule has 4 aromatic heterocycles. The zero-order chi connectivity index (χ0) is 20.7. The Kier molecular flexibility index (Phi) is 4.45. The number of hydrogen-bond acceptors (Lipinski definition) is 5. The van der Waals surface area contributed by atoms with Crippen molar-refractivity contribution in [3.63, 3.8) is 0 Å². The second kappa shape index (κ2) is 7.28. The molecule has 0 aromatic carbocycles. The molecular weight excluding hydrogens is 376 g/mol. The summed E-state index contributed by atoms with van der Waals surface area (Å²) in [5.41, 5.74) is 11.3. The molecule has 150 valence electrons. The van der Waals surface area contributed by atoms with Crippen LogP contribution in [0.1, 0.15) is 18.4 Å². The molecule has 0 saturated carbocycles. The Bertz CT molecular complexity index is 1240. The van der Waals surface area contributed by atoms with Gasteiger partial charge in [0, 0.05) is 48.2 Å². The fourth-order valence-corrected chi connectivity index (χ4v) is 4.05. The highest BCUT2D eigenvalue weighted by molar-refractivity contribution is 5.87. The second-order valence-corrected chi connectivity index (χ2v) is 7.80. The number of piperidine rings is 1. The summed E-state index contributed by atoms with van der Waals surface area (Å²) in [5, 5.41) is 17.1. The van der Waals surface area contributed by atoms with Gasteiger partial charge in [-0.15, -0.1) is 4.68 Å². The second-order valence-electron chi connectivity index (χ2n) is 7.80. The average Bonchev–Trinajstić information content (AvgIpc) is 3.40. The van der Waals surface area contributed by atoms with Crippen molar-refractivity contribution in [2.24, 2.45) is 12.8 Å². The number of H-pyrrole nitrogens is 1. The first kappa shape index (κ1) is 18.3. The molecule has 1 fully saturated rings. The number of hydrogen-bond donors (Lipinski definition) is 2. The molecule has 1 aliphatic rings. The van der Waals surface area contributed by atoms with Crippen LogP contribution in [0, 0.1) is 11.3 Å². The van der Waals surface area contributed by atoms with Crippen LogP contribution in [0.15, 0.2) is 49.2 Å². The number of aryl methyl sites for hydroxylation is 1. The third-order valence-electron chi connectivity index (χ3n) is 5.74. The van der Waals surface area contributed by atoms with Crippen LogP contribution in [0.2, 0.25) is 0 Å². The van der Waals surface area contributed by atoms with E-state index in [9.17, 15) is 5.26 Å². The van der Waals surface area contributed by atoms with Crippen molar-refractivity contribution in [2.45, 2.75) is 18.9 Å². The molecule has 30 heavy (non-hydrogen) atoms. The molecule has 5 heterocycles. The van der Waals surface area contributed by atoms with Gasteiger partial charge in [-0.05, 0) is 31.0 Å². The Labute approximate surface area is 174 Å². The van der Waals surface area contributed by atoms with Crippen molar-refractivity contribution in [2.75, 3.05) is 18.0 Å². The first-order valence-corrected chi connectivity index (χ1v) is 10.1. The van der Waals surface area contributed by atoms with E-state index in [0.29, 0.717) is 5.56 Å². The number of fused-ring (bicyclic) bond motifs is 1. The number of anilines is 1. The maximum atomic E-state index is 9.58. The zero-order valence-corrected chi connectivity index (χ0v) is 16.8. The van der Waals surface area contributed by atoms with Gasteiger partial charge < -0.3 is 10.6 Å². The molecule has 3 N–H and O–H groups in total. The summed E-state index contributed by atoms with van der Waals surface area (Å²) in [6.07, 6.45) is 11.4. The largest absolute Gasteiger partial charge is 0.357 e. The average molecular weight is 399 g/mol. The minimum absolute atomic E-state index is 0.290. The number of nitrogens with one attached hydrogen (secondary N) is 1. The standard InChI is InChI=1S/C22H22N8/c1-28-13-18(12-26-28)16-8-20(22-17(9-23)11-27-30(22)14-16)15-2-3-21(25-10-15)29-6-4-19(24)5-7-29/h2-3,8,10-14,19H,4-7,24H2,1H3/p+1. The van der Waals surface area contributed by atoms with Crippen LogP contribution >= 0.6 is 0 Å². The van der Waals surface area contributed by atoms with E-state index in [1.807, 2.05) is 42.6 Å². The fourth-order valence-electron chi connectivity index (χ4n) is 4.05. The van der Waals surface area contributed by atoms with Gasteiger partial charge in [0.05, 0.1) is 29.0 Å². The Hall–Kier alpha value is -3.70. The molecule has 1 aliphatic heterocycles. The number of nitriles is 1. The Balaban J connectivity index is 1.58. The smallest absolute Gasteiger partial charge is 0.202 e. The Morgan fingerprint density at radius 2 is 2.03 bits per heavy atom. The number of nitrogens with two attached hydrogens (primary N) is 1. The maximum Gasteiger partial charge on any atom is 0.202 e. The number of aromatic nitrogens is 5. The lowest BCUT2D eigenvalue weighted by Crippen LogP contribution is -2.40. The minimum Gasteiger partial charge on any atom is -0.357 e. The molecule has 4 aromatic rings. The molecule has 0 radical (unpaired) electrons. The van der Waals surface area contributed by atoms with Crippen LogP contribution in [0.25, 0.3) is 27.8 Å². The molecule has 0 bridgehead atoms. The van der Waals surface area contributed by atoms with E-state index in [-0.39, 0.29) is 6.04 Å². The van der Waals surface area contributed by atoms with Gasteiger partial charge in [-0.25, -0.2) is 9.50 Å². The third kappa shape index (κ3) is 3.19. The predicted octanol–water partition coefficient (Wildman–Crippen LogP) is 2.02. The highest BCUT2D eigenvalue weighted by Gasteiger charge is 2.19. The number of pyridine rings is 2. The quantitative estimate of drug-likeness (QED) is 0.513. The molecule has 1 saturated heterocycles. The summed E-state index contributed by atoms with van der Waals surface area (Å²) in [7, 11) is 1.95. The summed E-state index contributed by atoms with van der Waals surface area (Å²) >= 11 is 0. The molecule has 8 nitrogen and oxygen atoms in total. The summed E-state index contributed by atoms with van der Waals surface area (Å²) in [6.45, 7) is 1.86. The van der Waals surface area contributed by atoms with Gasteiger partial charge in [0.15, 0.2) is 7.05 Å². The van der Waals surface area contributed by atoms with E-state index in [0.717, 1.165) is 59.5 Å². The highest BCUT2D eigenvalue weighted by Crippen LogP contribution is 2.32. The van der Waals surface area contributed by atoms with Gasteiger partial charge in [0.2, 0.25) is 6.20 Å². The van der Waals surface area contributed by atoms with Gasteiger partial charge in [0.1, 0.15) is 11.9 Å². The summed E-state index contributed by atoms with van der Waals surface area (Å²) in [5.74, 6) is 0.962. The molecular formula is C22H23N8+. The van der Waals surface area contributed by atoms with Gasteiger partial charge in [0.25, 0.3) is 0 Å². The van der Waals surface area contributed by atoms with E-state index in [1.165, 1.54) is 0 Å². The lowest BCUT2D eigenvalue weighted by atomic mass is 10.0. The van der Waals surface area contributed by atoms with Gasteiger partial charge in [-0.1, -0.05) is 0 Å². The van der Waals surface area contributed by atoms with E-state index in [1.54, 1.807) is 10.7 Å². The van der Waals surface area contributed by atoms with Crippen molar-refractivity contribution >= 4 is 11.3 Å². The van der Waals surface area contributed by atoms with Crippen LogP contribution < -0.4 is 15.3 Å². The molecule has 0 spiro atoms. The SMILES string of the molecule is C[n+]1cc(-c2cc(-c3ccc(N4CCC(N)CC4)nc3)c3c(C#N)cnn3c2)c[nH]1. The first-order chi connectivity index (χ1) is 14.6. The lowest BCUT2D eigenvalue weighted by Gasteiger charge is -2.31. The van der Waals surface area contributed by atoms with Crippen LogP contribution in [-0.2, 0) is 7.05 Å². The zero-order valence-electron chi connectivity index (χ0n) is 16.8. The Morgan fingerprint density at radius 3 is 2.70 bits per heavy atom. The van der Waals surface area contributed by atoms with Gasteiger partial charge in [-0.3, -0.25) is 0 Å². The van der Waals surface area contributed by atoms with Gasteiger partial charge in [-0.2, -0.15) is 15.5 Å². The topological polar surface area (TPSA) is 103 Å². The van der Waals surface area contributed by atoms with Crippen LogP contribution in [0.5, 0.6) is 0 Å². The normalized spacial score (nSPS) is 14.9. The van der Waals surface area contributed by atoms with E-state index >= 15 is 0 Å². The van der Waals surface area contributed by atoms with Crippen LogP contribution in [0.4, 0.5) is 5.82 Å².